The van der Waals surface area contributed by atoms with E-state index in [1.54, 1.807) is 19.4 Å². The van der Waals surface area contributed by atoms with Crippen molar-refractivity contribution in [3.8, 4) is 5.75 Å². The highest BCUT2D eigenvalue weighted by Gasteiger charge is 1.98. The maximum Gasteiger partial charge on any atom is 0.119 e. The minimum atomic E-state index is 0.661. The molecule has 0 fully saturated rings. The molecule has 2 aromatic rings. The summed E-state index contributed by atoms with van der Waals surface area (Å²) in [5.41, 5.74) is 11.2. The number of hydrogen-bond donors (Lipinski definition) is 2. The lowest BCUT2D eigenvalue weighted by Gasteiger charge is -2.04. The zero-order chi connectivity index (χ0) is 12.8. The van der Waals surface area contributed by atoms with Crippen LogP contribution in [0.5, 0.6) is 5.75 Å². The summed E-state index contributed by atoms with van der Waals surface area (Å²) < 4.78 is 5.14. The highest BCUT2D eigenvalue weighted by atomic mass is 16.5. The van der Waals surface area contributed by atoms with Crippen LogP contribution in [0.3, 0.4) is 0 Å². The quantitative estimate of drug-likeness (QED) is 0.491. The zero-order valence-electron chi connectivity index (χ0n) is 10.1. The molecule has 0 saturated carbocycles. The summed E-state index contributed by atoms with van der Waals surface area (Å²) in [5.74, 6) is 0.755. The van der Waals surface area contributed by atoms with Crippen LogP contribution in [0.2, 0.25) is 0 Å². The topological polar surface area (TPSA) is 59.6 Å². The Morgan fingerprint density at radius 3 is 2.67 bits per heavy atom. The van der Waals surface area contributed by atoms with Gasteiger partial charge in [-0.2, -0.15) is 5.10 Å². The van der Waals surface area contributed by atoms with Crippen LogP contribution < -0.4 is 15.9 Å². The molecule has 0 aliphatic rings. The maximum absolute atomic E-state index is 5.85. The Labute approximate surface area is 106 Å². The van der Waals surface area contributed by atoms with Crippen LogP contribution in [-0.2, 0) is 0 Å². The SMILES string of the molecule is COc1ccc(N)c(/C=N/Nc2ccccc2)c1. The van der Waals surface area contributed by atoms with E-state index in [0.29, 0.717) is 5.69 Å². The molecule has 0 unspecified atom stereocenters. The first-order chi connectivity index (χ1) is 8.79. The van der Waals surface area contributed by atoms with Gasteiger partial charge in [-0.3, -0.25) is 5.43 Å². The zero-order valence-corrected chi connectivity index (χ0v) is 10.1. The minimum Gasteiger partial charge on any atom is -0.497 e. The normalized spacial score (nSPS) is 10.5. The molecule has 2 rings (SSSR count). The van der Waals surface area contributed by atoms with E-state index in [-0.39, 0.29) is 0 Å². The van der Waals surface area contributed by atoms with Crippen molar-refractivity contribution in [2.45, 2.75) is 0 Å². The van der Waals surface area contributed by atoms with Gasteiger partial charge in [0.05, 0.1) is 19.0 Å². The van der Waals surface area contributed by atoms with Gasteiger partial charge in [-0.15, -0.1) is 0 Å². The van der Waals surface area contributed by atoms with E-state index in [1.165, 1.54) is 0 Å². The fourth-order valence-corrected chi connectivity index (χ4v) is 1.48. The van der Waals surface area contributed by atoms with E-state index in [0.717, 1.165) is 17.0 Å². The van der Waals surface area contributed by atoms with Crippen LogP contribution in [0.15, 0.2) is 53.6 Å². The standard InChI is InChI=1S/C14H15N3O/c1-18-13-7-8-14(15)11(9-13)10-16-17-12-5-3-2-4-6-12/h2-10,17H,15H2,1H3/b16-10+. The van der Waals surface area contributed by atoms with Gasteiger partial charge in [-0.25, -0.2) is 0 Å². The summed E-state index contributed by atoms with van der Waals surface area (Å²) in [4.78, 5) is 0. The highest BCUT2D eigenvalue weighted by Crippen LogP contribution is 2.17. The lowest BCUT2D eigenvalue weighted by atomic mass is 10.2. The number of ether oxygens (including phenoxy) is 1. The van der Waals surface area contributed by atoms with Gasteiger partial charge >= 0.3 is 0 Å². The highest BCUT2D eigenvalue weighted by molar-refractivity contribution is 5.87. The number of nitrogens with one attached hydrogen (secondary N) is 1. The smallest absolute Gasteiger partial charge is 0.119 e. The first-order valence-corrected chi connectivity index (χ1v) is 5.57. The van der Waals surface area contributed by atoms with Crippen molar-refractivity contribution in [3.05, 3.63) is 54.1 Å². The van der Waals surface area contributed by atoms with Gasteiger partial charge in [0.2, 0.25) is 0 Å². The second-order valence-electron chi connectivity index (χ2n) is 3.73. The number of nitrogens with two attached hydrogens (primary N) is 1. The number of nitrogens with zero attached hydrogens (tertiary/aromatic N) is 1. The van der Waals surface area contributed by atoms with Crippen molar-refractivity contribution in [2.75, 3.05) is 18.3 Å². The average molecular weight is 241 g/mol. The maximum atomic E-state index is 5.85. The molecule has 0 saturated heterocycles. The summed E-state index contributed by atoms with van der Waals surface area (Å²) in [7, 11) is 1.62. The lowest BCUT2D eigenvalue weighted by molar-refractivity contribution is 0.415. The van der Waals surface area contributed by atoms with Crippen LogP contribution in [-0.4, -0.2) is 13.3 Å². The van der Waals surface area contributed by atoms with E-state index < -0.39 is 0 Å². The monoisotopic (exact) mass is 241 g/mol. The van der Waals surface area contributed by atoms with Crippen LogP contribution in [0.25, 0.3) is 0 Å². The molecule has 18 heavy (non-hydrogen) atoms. The molecule has 0 amide bonds. The van der Waals surface area contributed by atoms with Gasteiger partial charge in [0.25, 0.3) is 0 Å². The Morgan fingerprint density at radius 1 is 1.17 bits per heavy atom. The molecule has 3 N–H and O–H groups in total. The van der Waals surface area contributed by atoms with Gasteiger partial charge < -0.3 is 10.5 Å². The number of hydrazone groups is 1. The predicted molar refractivity (Wildman–Crippen MR) is 75.1 cm³/mol. The van der Waals surface area contributed by atoms with Crippen molar-refractivity contribution in [1.29, 1.82) is 0 Å². The molecular formula is C14H15N3O. The fraction of sp³-hybridized carbons (Fsp3) is 0.0714. The van der Waals surface area contributed by atoms with E-state index in [4.69, 9.17) is 10.5 Å². The minimum absolute atomic E-state index is 0.661. The molecule has 4 nitrogen and oxygen atoms in total. The third-order valence-corrected chi connectivity index (χ3v) is 2.47. The number of hydrogen-bond acceptors (Lipinski definition) is 4. The summed E-state index contributed by atoms with van der Waals surface area (Å²) in [6.45, 7) is 0. The number of para-hydroxylation sites is 1. The molecule has 0 aromatic heterocycles. The number of nitrogen functional groups attached to an aromatic ring is 1. The van der Waals surface area contributed by atoms with Crippen LogP contribution in [0, 0.1) is 0 Å². The largest absolute Gasteiger partial charge is 0.497 e. The Hall–Kier alpha value is -2.49. The van der Waals surface area contributed by atoms with E-state index >= 15 is 0 Å². The second kappa shape index (κ2) is 5.72. The molecule has 0 radical (unpaired) electrons. The average Bonchev–Trinajstić information content (AvgIpc) is 2.42. The van der Waals surface area contributed by atoms with Crippen molar-refractivity contribution < 1.29 is 4.74 Å². The van der Waals surface area contributed by atoms with Gasteiger partial charge in [0, 0.05) is 11.3 Å². The van der Waals surface area contributed by atoms with Gasteiger partial charge in [-0.05, 0) is 30.3 Å². The predicted octanol–water partition coefficient (Wildman–Crippen LogP) is 2.72. The first-order valence-electron chi connectivity index (χ1n) is 5.57. The molecule has 92 valence electrons. The van der Waals surface area contributed by atoms with Gasteiger partial charge in [0.15, 0.2) is 0 Å². The van der Waals surface area contributed by atoms with Crippen molar-refractivity contribution in [2.24, 2.45) is 5.10 Å². The van der Waals surface area contributed by atoms with Gasteiger partial charge in [0.1, 0.15) is 5.75 Å². The Balaban J connectivity index is 2.09. The summed E-state index contributed by atoms with van der Waals surface area (Å²) in [5, 5.41) is 4.14. The Bertz CT molecular complexity index is 538. The number of rotatable bonds is 4. The summed E-state index contributed by atoms with van der Waals surface area (Å²) in [6.07, 6.45) is 1.67. The molecule has 2 aromatic carbocycles. The molecule has 0 aliphatic carbocycles. The Morgan fingerprint density at radius 2 is 1.94 bits per heavy atom. The molecule has 4 heteroatoms. The van der Waals surface area contributed by atoms with Crippen molar-refractivity contribution in [1.82, 2.24) is 0 Å². The molecule has 0 heterocycles. The summed E-state index contributed by atoms with van der Waals surface area (Å²) >= 11 is 0. The third-order valence-electron chi connectivity index (χ3n) is 2.47. The fourth-order valence-electron chi connectivity index (χ4n) is 1.48. The number of anilines is 2. The van der Waals surface area contributed by atoms with Crippen LogP contribution in [0.1, 0.15) is 5.56 Å². The van der Waals surface area contributed by atoms with E-state index in [2.05, 4.69) is 10.5 Å². The van der Waals surface area contributed by atoms with Gasteiger partial charge in [-0.1, -0.05) is 18.2 Å². The van der Waals surface area contributed by atoms with Crippen molar-refractivity contribution in [3.63, 3.8) is 0 Å². The molecular weight excluding hydrogens is 226 g/mol. The molecule has 0 bridgehead atoms. The van der Waals surface area contributed by atoms with Crippen molar-refractivity contribution >= 4 is 17.6 Å². The third kappa shape index (κ3) is 3.01. The first kappa shape index (κ1) is 12.0. The summed E-state index contributed by atoms with van der Waals surface area (Å²) in [6, 6.07) is 15.2. The van der Waals surface area contributed by atoms with Crippen LogP contribution in [0.4, 0.5) is 11.4 Å². The number of methoxy groups -OCH3 is 1. The molecule has 0 spiro atoms. The number of benzene rings is 2. The van der Waals surface area contributed by atoms with E-state index in [1.807, 2.05) is 42.5 Å². The molecule has 0 aliphatic heterocycles. The van der Waals surface area contributed by atoms with E-state index in [9.17, 15) is 0 Å². The van der Waals surface area contributed by atoms with Crippen LogP contribution >= 0.6 is 0 Å². The molecule has 0 atom stereocenters. The Kier molecular flexibility index (Phi) is 3.81. The second-order valence-corrected chi connectivity index (χ2v) is 3.73. The lowest BCUT2D eigenvalue weighted by Crippen LogP contribution is -1.96.